The lowest BCUT2D eigenvalue weighted by Crippen LogP contribution is -2.53. The normalized spacial score (nSPS) is 44.6. The maximum atomic E-state index is 13.2. The maximum absolute atomic E-state index is 13.2. The fourth-order valence-corrected chi connectivity index (χ4v) is 9.91. The van der Waals surface area contributed by atoms with Gasteiger partial charge in [-0.2, -0.15) is 0 Å². The van der Waals surface area contributed by atoms with E-state index in [1.165, 1.54) is 45.1 Å². The molecule has 1 aliphatic heterocycles. The Morgan fingerprint density at radius 3 is 2.62 bits per heavy atom. The van der Waals surface area contributed by atoms with Crippen LogP contribution in [0.25, 0.3) is 0 Å². The molecule has 0 aromatic rings. The van der Waals surface area contributed by atoms with Crippen LogP contribution in [-0.2, 0) is 9.53 Å². The quantitative estimate of drug-likeness (QED) is 0.478. The predicted molar refractivity (Wildman–Crippen MR) is 138 cm³/mol. The van der Waals surface area contributed by atoms with Gasteiger partial charge in [-0.3, -0.25) is 4.79 Å². The number of fused-ring (bicyclic) bond motifs is 4. The van der Waals surface area contributed by atoms with Gasteiger partial charge < -0.3 is 14.5 Å². The molecule has 4 heteroatoms. The van der Waals surface area contributed by atoms with Crippen LogP contribution in [0.1, 0.15) is 85.5 Å². The van der Waals surface area contributed by atoms with Gasteiger partial charge in [0.1, 0.15) is 6.10 Å². The minimum Gasteiger partial charge on any atom is -0.372 e. The number of ether oxygens (including phenoxy) is 1. The van der Waals surface area contributed by atoms with Crippen molar-refractivity contribution in [3.05, 3.63) is 11.6 Å². The van der Waals surface area contributed by atoms with Gasteiger partial charge in [-0.25, -0.2) is 0 Å². The average Bonchev–Trinajstić information content (AvgIpc) is 3.29. The van der Waals surface area contributed by atoms with Gasteiger partial charge in [0.05, 0.1) is 0 Å². The highest BCUT2D eigenvalue weighted by molar-refractivity contribution is 5.81. The second kappa shape index (κ2) is 8.91. The summed E-state index contributed by atoms with van der Waals surface area (Å²) in [5.41, 5.74) is 2.62. The first-order chi connectivity index (χ1) is 16.1. The summed E-state index contributed by atoms with van der Waals surface area (Å²) in [5.74, 6) is 4.22. The summed E-state index contributed by atoms with van der Waals surface area (Å²) in [7, 11) is 6.08. The zero-order valence-electron chi connectivity index (χ0n) is 23.0. The maximum Gasteiger partial charge on any atom is 0.251 e. The standard InChI is InChI=1S/C30H50N2O2/c1-19(2)16-27(34-7)28(33)32(6)22-12-14-29(4)21(17-22)8-9-23-25(29)13-15-30-18-31(5)20(3)24(30)10-11-26(23)30/h8,19-20,22-27H,9-18H2,1-7H3/t20-,22-,23+,24+,25-,26-,27?,29-,30-/m0/s1. The van der Waals surface area contributed by atoms with Crippen LogP contribution in [-0.4, -0.2) is 61.6 Å². The van der Waals surface area contributed by atoms with Crippen molar-refractivity contribution in [2.24, 2.45) is 40.4 Å². The Bertz CT molecular complexity index is 823. The Morgan fingerprint density at radius 2 is 1.91 bits per heavy atom. The molecular weight excluding hydrogens is 420 g/mol. The third kappa shape index (κ3) is 3.64. The van der Waals surface area contributed by atoms with Crippen molar-refractivity contribution in [2.75, 3.05) is 27.7 Å². The Hall–Kier alpha value is -0.870. The van der Waals surface area contributed by atoms with Crippen LogP contribution in [0.5, 0.6) is 0 Å². The lowest BCUT2D eigenvalue weighted by Gasteiger charge is -2.58. The highest BCUT2D eigenvalue weighted by atomic mass is 16.5. The zero-order chi connectivity index (χ0) is 24.4. The summed E-state index contributed by atoms with van der Waals surface area (Å²) in [6, 6.07) is 1.09. The molecule has 1 saturated heterocycles. The summed E-state index contributed by atoms with van der Waals surface area (Å²) in [4.78, 5) is 17.9. The van der Waals surface area contributed by atoms with Crippen molar-refractivity contribution in [1.82, 2.24) is 9.80 Å². The zero-order valence-corrected chi connectivity index (χ0v) is 23.0. The third-order valence-electron chi connectivity index (χ3n) is 11.8. The number of nitrogens with zero attached hydrogens (tertiary/aromatic N) is 2. The molecular formula is C30H50N2O2. The molecule has 0 aromatic heterocycles. The second-order valence-electron chi connectivity index (χ2n) is 13.6. The van der Waals surface area contributed by atoms with E-state index >= 15 is 0 Å². The monoisotopic (exact) mass is 470 g/mol. The van der Waals surface area contributed by atoms with Crippen LogP contribution in [0.3, 0.4) is 0 Å². The summed E-state index contributed by atoms with van der Waals surface area (Å²) >= 11 is 0. The summed E-state index contributed by atoms with van der Waals surface area (Å²) < 4.78 is 5.61. The van der Waals surface area contributed by atoms with Gasteiger partial charge in [-0.05, 0) is 112 Å². The van der Waals surface area contributed by atoms with Crippen molar-refractivity contribution in [1.29, 1.82) is 0 Å². The Labute approximate surface area is 208 Å². The molecule has 0 bridgehead atoms. The molecule has 1 spiro atoms. The van der Waals surface area contributed by atoms with Crippen LogP contribution in [0.2, 0.25) is 0 Å². The van der Waals surface area contributed by atoms with Crippen molar-refractivity contribution in [2.45, 2.75) is 104 Å². The van der Waals surface area contributed by atoms with Gasteiger partial charge >= 0.3 is 0 Å². The number of likely N-dealkylation sites (tertiary alicyclic amines) is 1. The van der Waals surface area contributed by atoms with Crippen molar-refractivity contribution in [3.63, 3.8) is 0 Å². The Morgan fingerprint density at radius 1 is 1.18 bits per heavy atom. The molecule has 4 fully saturated rings. The predicted octanol–water partition coefficient (Wildman–Crippen LogP) is 5.77. The molecule has 1 unspecified atom stereocenters. The minimum atomic E-state index is -0.306. The highest BCUT2D eigenvalue weighted by Gasteiger charge is 2.64. The molecule has 5 rings (SSSR count). The van der Waals surface area contributed by atoms with Gasteiger partial charge in [0.25, 0.3) is 5.91 Å². The fourth-order valence-electron chi connectivity index (χ4n) is 9.91. The molecule has 0 aromatic carbocycles. The molecule has 4 aliphatic carbocycles. The van der Waals surface area contributed by atoms with Gasteiger partial charge in [-0.1, -0.05) is 32.4 Å². The number of likely N-dealkylation sites (N-methyl/N-ethyl adjacent to an activating group) is 1. The largest absolute Gasteiger partial charge is 0.372 e. The van der Waals surface area contributed by atoms with E-state index in [0.29, 0.717) is 22.8 Å². The summed E-state index contributed by atoms with van der Waals surface area (Å²) in [6.45, 7) is 10.8. The van der Waals surface area contributed by atoms with Crippen LogP contribution >= 0.6 is 0 Å². The van der Waals surface area contributed by atoms with E-state index in [4.69, 9.17) is 4.74 Å². The van der Waals surface area contributed by atoms with E-state index in [1.807, 2.05) is 11.9 Å². The van der Waals surface area contributed by atoms with E-state index in [-0.39, 0.29) is 12.0 Å². The van der Waals surface area contributed by atoms with Gasteiger partial charge in [0.15, 0.2) is 0 Å². The third-order valence-corrected chi connectivity index (χ3v) is 11.8. The summed E-state index contributed by atoms with van der Waals surface area (Å²) in [5, 5.41) is 0. The van der Waals surface area contributed by atoms with E-state index in [1.54, 1.807) is 12.7 Å². The molecule has 9 atom stereocenters. The molecule has 1 heterocycles. The molecule has 192 valence electrons. The van der Waals surface area contributed by atoms with Gasteiger partial charge in [0, 0.05) is 32.8 Å². The number of allylic oxidation sites excluding steroid dienone is 1. The Kier molecular flexibility index (Phi) is 6.50. The van der Waals surface area contributed by atoms with E-state index in [0.717, 1.165) is 49.0 Å². The lowest BCUT2D eigenvalue weighted by atomic mass is 9.47. The molecule has 0 N–H and O–H groups in total. The van der Waals surface area contributed by atoms with Gasteiger partial charge in [-0.15, -0.1) is 0 Å². The molecule has 0 radical (unpaired) electrons. The van der Waals surface area contributed by atoms with E-state index in [2.05, 4.69) is 45.7 Å². The average molecular weight is 471 g/mol. The van der Waals surface area contributed by atoms with Crippen molar-refractivity contribution >= 4 is 5.91 Å². The minimum absolute atomic E-state index is 0.176. The number of carbonyl (C=O) groups excluding carboxylic acids is 1. The smallest absolute Gasteiger partial charge is 0.251 e. The number of amides is 1. The summed E-state index contributed by atoms with van der Waals surface area (Å²) in [6.07, 6.45) is 13.7. The van der Waals surface area contributed by atoms with Crippen molar-refractivity contribution in [3.8, 4) is 0 Å². The number of carbonyl (C=O) groups is 1. The highest BCUT2D eigenvalue weighted by Crippen LogP contribution is 2.68. The SMILES string of the molecule is COC(CC(C)C)C(=O)N(C)[C@H]1CC[C@@]2(C)C(=CC[C@H]3[C@@H]4CC[C@@H]5[C@H](C)N(C)C[C@@]54CC[C@@H]32)C1. The van der Waals surface area contributed by atoms with Crippen molar-refractivity contribution < 1.29 is 9.53 Å². The first-order valence-corrected chi connectivity index (χ1v) is 14.3. The second-order valence-corrected chi connectivity index (χ2v) is 13.6. The fraction of sp³-hybridized carbons (Fsp3) is 0.900. The van der Waals surface area contributed by atoms with Crippen LogP contribution < -0.4 is 0 Å². The van der Waals surface area contributed by atoms with E-state index < -0.39 is 0 Å². The Balaban J connectivity index is 1.32. The first kappa shape index (κ1) is 24.8. The number of hydrogen-bond donors (Lipinski definition) is 0. The molecule has 5 aliphatic rings. The number of methoxy groups -OCH3 is 1. The topological polar surface area (TPSA) is 32.8 Å². The van der Waals surface area contributed by atoms with Crippen LogP contribution in [0.4, 0.5) is 0 Å². The first-order valence-electron chi connectivity index (χ1n) is 14.3. The lowest BCUT2D eigenvalue weighted by molar-refractivity contribution is -0.144. The van der Waals surface area contributed by atoms with E-state index in [9.17, 15) is 4.79 Å². The van der Waals surface area contributed by atoms with Crippen LogP contribution in [0.15, 0.2) is 11.6 Å². The molecule has 1 amide bonds. The van der Waals surface area contributed by atoms with Crippen LogP contribution in [0, 0.1) is 40.4 Å². The molecule has 3 saturated carbocycles. The molecule has 34 heavy (non-hydrogen) atoms. The number of hydrogen-bond acceptors (Lipinski definition) is 3. The molecule has 4 nitrogen and oxygen atoms in total. The van der Waals surface area contributed by atoms with Gasteiger partial charge in [0.2, 0.25) is 0 Å². The number of rotatable bonds is 5.